The van der Waals surface area contributed by atoms with E-state index in [2.05, 4.69) is 5.32 Å². The predicted molar refractivity (Wildman–Crippen MR) is 103 cm³/mol. The molecule has 0 aliphatic carbocycles. The van der Waals surface area contributed by atoms with E-state index < -0.39 is 0 Å². The molecule has 1 aromatic carbocycles. The van der Waals surface area contributed by atoms with Crippen LogP contribution in [0.15, 0.2) is 30.3 Å². The SMILES string of the molecule is Clc1cc(Cl)cc(-n2nc(-c3ccc(Cl)s3)c3c2NCCCC3)c1. The minimum Gasteiger partial charge on any atom is -0.370 e. The van der Waals surface area contributed by atoms with Gasteiger partial charge in [0, 0.05) is 22.2 Å². The van der Waals surface area contributed by atoms with Crippen LogP contribution < -0.4 is 5.32 Å². The second-order valence-corrected chi connectivity index (χ2v) is 8.29. The van der Waals surface area contributed by atoms with Gasteiger partial charge in [-0.1, -0.05) is 34.8 Å². The fraction of sp³-hybridized carbons (Fsp3) is 0.235. The lowest BCUT2D eigenvalue weighted by Gasteiger charge is -2.10. The molecule has 1 aliphatic heterocycles. The Morgan fingerprint density at radius 2 is 1.83 bits per heavy atom. The summed E-state index contributed by atoms with van der Waals surface area (Å²) in [4.78, 5) is 1.08. The number of benzene rings is 1. The fourth-order valence-corrected chi connectivity index (χ4v) is 4.56. The Morgan fingerprint density at radius 3 is 2.54 bits per heavy atom. The van der Waals surface area contributed by atoms with E-state index in [1.165, 1.54) is 5.56 Å². The molecule has 0 fully saturated rings. The maximum Gasteiger partial charge on any atom is 0.133 e. The van der Waals surface area contributed by atoms with E-state index in [1.54, 1.807) is 17.4 Å². The summed E-state index contributed by atoms with van der Waals surface area (Å²) < 4.78 is 2.67. The van der Waals surface area contributed by atoms with Crippen molar-refractivity contribution in [1.29, 1.82) is 0 Å². The molecule has 124 valence electrons. The highest BCUT2D eigenvalue weighted by molar-refractivity contribution is 7.19. The van der Waals surface area contributed by atoms with Crippen molar-refractivity contribution in [3.63, 3.8) is 0 Å². The molecule has 0 radical (unpaired) electrons. The molecule has 0 amide bonds. The largest absolute Gasteiger partial charge is 0.370 e. The molecule has 0 bridgehead atoms. The van der Waals surface area contributed by atoms with Crippen molar-refractivity contribution in [2.75, 3.05) is 11.9 Å². The average Bonchev–Trinajstić information content (AvgIpc) is 3.02. The van der Waals surface area contributed by atoms with Crippen LogP contribution in [0.1, 0.15) is 18.4 Å². The molecule has 2 aromatic heterocycles. The van der Waals surface area contributed by atoms with Gasteiger partial charge in [0.2, 0.25) is 0 Å². The van der Waals surface area contributed by atoms with E-state index in [1.807, 2.05) is 28.9 Å². The first-order valence-electron chi connectivity index (χ1n) is 7.70. The lowest BCUT2D eigenvalue weighted by atomic mass is 10.1. The zero-order valence-electron chi connectivity index (χ0n) is 12.7. The van der Waals surface area contributed by atoms with Crippen LogP contribution >= 0.6 is 46.1 Å². The van der Waals surface area contributed by atoms with Crippen LogP contribution in [-0.4, -0.2) is 16.3 Å². The van der Waals surface area contributed by atoms with E-state index in [4.69, 9.17) is 39.9 Å². The second kappa shape index (κ2) is 6.60. The lowest BCUT2D eigenvalue weighted by molar-refractivity contribution is 0.780. The van der Waals surface area contributed by atoms with Gasteiger partial charge in [0.1, 0.15) is 11.5 Å². The molecule has 3 aromatic rings. The Balaban J connectivity index is 1.92. The monoisotopic (exact) mass is 397 g/mol. The molecule has 1 N–H and O–H groups in total. The molecule has 4 rings (SSSR count). The van der Waals surface area contributed by atoms with Gasteiger partial charge in [-0.2, -0.15) is 5.10 Å². The molecule has 0 saturated carbocycles. The number of hydrogen-bond donors (Lipinski definition) is 1. The summed E-state index contributed by atoms with van der Waals surface area (Å²) in [7, 11) is 0. The van der Waals surface area contributed by atoms with Gasteiger partial charge in [0.25, 0.3) is 0 Å². The van der Waals surface area contributed by atoms with Crippen molar-refractivity contribution in [3.05, 3.63) is 50.3 Å². The topological polar surface area (TPSA) is 29.9 Å². The highest BCUT2D eigenvalue weighted by atomic mass is 35.5. The highest BCUT2D eigenvalue weighted by Gasteiger charge is 2.22. The Morgan fingerprint density at radius 1 is 1.04 bits per heavy atom. The Labute approximate surface area is 159 Å². The van der Waals surface area contributed by atoms with Gasteiger partial charge < -0.3 is 5.32 Å². The number of rotatable bonds is 2. The summed E-state index contributed by atoms with van der Waals surface area (Å²) in [5.41, 5.74) is 3.06. The third-order valence-electron chi connectivity index (χ3n) is 4.03. The summed E-state index contributed by atoms with van der Waals surface area (Å²) in [6.45, 7) is 0.928. The molecular formula is C17H14Cl3N3S. The van der Waals surface area contributed by atoms with Gasteiger partial charge >= 0.3 is 0 Å². The van der Waals surface area contributed by atoms with Gasteiger partial charge in [0.15, 0.2) is 0 Å². The minimum absolute atomic E-state index is 0.594. The molecule has 24 heavy (non-hydrogen) atoms. The molecule has 3 nitrogen and oxygen atoms in total. The maximum absolute atomic E-state index is 6.18. The predicted octanol–water partition coefficient (Wildman–Crippen LogP) is 6.31. The van der Waals surface area contributed by atoms with Crippen molar-refractivity contribution in [2.24, 2.45) is 0 Å². The molecule has 3 heterocycles. The zero-order valence-corrected chi connectivity index (χ0v) is 15.7. The van der Waals surface area contributed by atoms with Crippen molar-refractivity contribution in [2.45, 2.75) is 19.3 Å². The van der Waals surface area contributed by atoms with Gasteiger partial charge in [-0.05, 0) is 49.6 Å². The molecule has 0 spiro atoms. The van der Waals surface area contributed by atoms with E-state index in [0.717, 1.165) is 52.2 Å². The molecule has 1 aliphatic rings. The third kappa shape index (κ3) is 3.04. The van der Waals surface area contributed by atoms with Gasteiger partial charge in [-0.15, -0.1) is 11.3 Å². The van der Waals surface area contributed by atoms with Crippen LogP contribution in [0.5, 0.6) is 0 Å². The fourth-order valence-electron chi connectivity index (χ4n) is 2.99. The van der Waals surface area contributed by atoms with E-state index in [-0.39, 0.29) is 0 Å². The first kappa shape index (κ1) is 16.3. The van der Waals surface area contributed by atoms with Crippen molar-refractivity contribution < 1.29 is 0 Å². The number of nitrogens with one attached hydrogen (secondary N) is 1. The van der Waals surface area contributed by atoms with Crippen LogP contribution in [0, 0.1) is 0 Å². The van der Waals surface area contributed by atoms with Crippen LogP contribution in [0.4, 0.5) is 5.82 Å². The molecular weight excluding hydrogens is 385 g/mol. The maximum atomic E-state index is 6.18. The minimum atomic E-state index is 0.594. The number of anilines is 1. The quantitative estimate of drug-likeness (QED) is 0.548. The molecule has 0 saturated heterocycles. The normalized spacial score (nSPS) is 14.1. The number of aromatic nitrogens is 2. The summed E-state index contributed by atoms with van der Waals surface area (Å²) >= 11 is 20.0. The second-order valence-electron chi connectivity index (χ2n) is 5.70. The summed E-state index contributed by atoms with van der Waals surface area (Å²) in [6, 6.07) is 9.41. The summed E-state index contributed by atoms with van der Waals surface area (Å²) in [5.74, 6) is 1.02. The number of fused-ring (bicyclic) bond motifs is 1. The van der Waals surface area contributed by atoms with Gasteiger partial charge in [-0.3, -0.25) is 0 Å². The van der Waals surface area contributed by atoms with E-state index in [9.17, 15) is 0 Å². The van der Waals surface area contributed by atoms with E-state index >= 15 is 0 Å². The van der Waals surface area contributed by atoms with Crippen LogP contribution in [0.3, 0.4) is 0 Å². The average molecular weight is 399 g/mol. The first-order chi connectivity index (χ1) is 11.6. The Kier molecular flexibility index (Phi) is 4.48. The van der Waals surface area contributed by atoms with Crippen molar-refractivity contribution >= 4 is 52.0 Å². The van der Waals surface area contributed by atoms with Crippen LogP contribution in [0.25, 0.3) is 16.3 Å². The van der Waals surface area contributed by atoms with Crippen molar-refractivity contribution in [1.82, 2.24) is 9.78 Å². The Bertz CT molecular complexity index is 880. The molecule has 0 unspecified atom stereocenters. The summed E-state index contributed by atoms with van der Waals surface area (Å²) in [6.07, 6.45) is 3.26. The van der Waals surface area contributed by atoms with Gasteiger partial charge in [0.05, 0.1) is 14.9 Å². The molecule has 7 heteroatoms. The van der Waals surface area contributed by atoms with Gasteiger partial charge in [-0.25, -0.2) is 4.68 Å². The number of hydrogen-bond acceptors (Lipinski definition) is 3. The Hall–Kier alpha value is -1.20. The van der Waals surface area contributed by atoms with Crippen LogP contribution in [0.2, 0.25) is 14.4 Å². The standard InChI is InChI=1S/C17H14Cl3N3S/c18-10-7-11(19)9-12(8-10)23-17-13(3-1-2-6-21-17)16(22-23)14-4-5-15(20)24-14/h4-5,7-9,21H,1-3,6H2. The van der Waals surface area contributed by atoms with Crippen LogP contribution in [-0.2, 0) is 6.42 Å². The van der Waals surface area contributed by atoms with E-state index in [0.29, 0.717) is 10.0 Å². The van der Waals surface area contributed by atoms with Crippen molar-refractivity contribution in [3.8, 4) is 16.3 Å². The lowest BCUT2D eigenvalue weighted by Crippen LogP contribution is -2.07. The number of nitrogens with zero attached hydrogens (tertiary/aromatic N) is 2. The smallest absolute Gasteiger partial charge is 0.133 e. The molecule has 0 atom stereocenters. The zero-order chi connectivity index (χ0) is 16.7. The summed E-state index contributed by atoms with van der Waals surface area (Å²) in [5, 5.41) is 9.56. The number of thiophene rings is 1. The third-order valence-corrected chi connectivity index (χ3v) is 5.70. The first-order valence-corrected chi connectivity index (χ1v) is 9.65. The highest BCUT2D eigenvalue weighted by Crippen LogP contribution is 2.38. The number of halogens is 3.